The van der Waals surface area contributed by atoms with Crippen molar-refractivity contribution < 1.29 is 17.9 Å². The Hall–Kier alpha value is -3.32. The SMILES string of the molecule is Cc1cccc(NS(=O)(=O)c2ccc(NC(=O)COc3cc(C)cc(C)c3C)cc2)c1. The van der Waals surface area contributed by atoms with Gasteiger partial charge in [-0.1, -0.05) is 18.2 Å². The number of amides is 1. The Bertz CT molecular complexity index is 1200. The van der Waals surface area contributed by atoms with E-state index in [1.807, 2.05) is 39.8 Å². The fourth-order valence-corrected chi connectivity index (χ4v) is 4.18. The molecule has 31 heavy (non-hydrogen) atoms. The van der Waals surface area contributed by atoms with Crippen LogP contribution in [0.3, 0.4) is 0 Å². The fraction of sp³-hybridized carbons (Fsp3) is 0.208. The van der Waals surface area contributed by atoms with Gasteiger partial charge in [-0.25, -0.2) is 8.42 Å². The molecule has 0 aliphatic carbocycles. The molecule has 0 bridgehead atoms. The summed E-state index contributed by atoms with van der Waals surface area (Å²) in [5.74, 6) is 0.350. The Morgan fingerprint density at radius 1 is 0.871 bits per heavy atom. The third kappa shape index (κ3) is 5.86. The second kappa shape index (κ2) is 9.22. The number of hydrogen-bond donors (Lipinski definition) is 2. The standard InChI is InChI=1S/C24H26N2O4S/c1-16-6-5-7-21(13-16)26-31(28,29)22-10-8-20(9-11-22)25-24(27)15-30-23-14-17(2)12-18(3)19(23)4/h5-14,26H,15H2,1-4H3,(H,25,27). The summed E-state index contributed by atoms with van der Waals surface area (Å²) in [5.41, 5.74) is 5.10. The van der Waals surface area contributed by atoms with Crippen molar-refractivity contribution in [3.8, 4) is 5.75 Å². The summed E-state index contributed by atoms with van der Waals surface area (Å²) in [6.45, 7) is 7.67. The molecule has 162 valence electrons. The molecule has 3 aromatic carbocycles. The highest BCUT2D eigenvalue weighted by atomic mass is 32.2. The molecule has 0 atom stereocenters. The number of ether oxygens (including phenoxy) is 1. The Balaban J connectivity index is 1.62. The lowest BCUT2D eigenvalue weighted by Gasteiger charge is -2.13. The highest BCUT2D eigenvalue weighted by molar-refractivity contribution is 7.92. The van der Waals surface area contributed by atoms with E-state index in [-0.39, 0.29) is 17.4 Å². The summed E-state index contributed by atoms with van der Waals surface area (Å²) in [5, 5.41) is 2.72. The van der Waals surface area contributed by atoms with Gasteiger partial charge in [0.05, 0.1) is 4.90 Å². The molecular weight excluding hydrogens is 412 g/mol. The number of hydrogen-bond acceptors (Lipinski definition) is 4. The van der Waals surface area contributed by atoms with Crippen molar-refractivity contribution in [2.75, 3.05) is 16.6 Å². The van der Waals surface area contributed by atoms with E-state index in [1.54, 1.807) is 30.3 Å². The zero-order chi connectivity index (χ0) is 22.6. The van der Waals surface area contributed by atoms with Crippen molar-refractivity contribution in [3.63, 3.8) is 0 Å². The molecule has 2 N–H and O–H groups in total. The van der Waals surface area contributed by atoms with Crippen LogP contribution in [0.25, 0.3) is 0 Å². The highest BCUT2D eigenvalue weighted by Crippen LogP contribution is 2.23. The minimum atomic E-state index is -3.72. The van der Waals surface area contributed by atoms with Crippen LogP contribution in [-0.2, 0) is 14.8 Å². The molecule has 0 aliphatic rings. The van der Waals surface area contributed by atoms with Crippen LogP contribution in [0.15, 0.2) is 65.6 Å². The van der Waals surface area contributed by atoms with E-state index in [4.69, 9.17) is 4.74 Å². The summed E-state index contributed by atoms with van der Waals surface area (Å²) < 4.78 is 33.4. The van der Waals surface area contributed by atoms with Crippen LogP contribution in [-0.4, -0.2) is 20.9 Å². The normalized spacial score (nSPS) is 11.1. The van der Waals surface area contributed by atoms with Crippen LogP contribution in [0.4, 0.5) is 11.4 Å². The number of rotatable bonds is 7. The van der Waals surface area contributed by atoms with Crippen molar-refractivity contribution in [1.82, 2.24) is 0 Å². The van der Waals surface area contributed by atoms with Crippen LogP contribution < -0.4 is 14.8 Å². The van der Waals surface area contributed by atoms with Crippen molar-refractivity contribution in [3.05, 3.63) is 82.9 Å². The van der Waals surface area contributed by atoms with Crippen LogP contribution in [0.5, 0.6) is 5.75 Å². The summed E-state index contributed by atoms with van der Waals surface area (Å²) in [6.07, 6.45) is 0. The smallest absolute Gasteiger partial charge is 0.262 e. The largest absolute Gasteiger partial charge is 0.483 e. The maximum Gasteiger partial charge on any atom is 0.262 e. The van der Waals surface area contributed by atoms with Crippen molar-refractivity contribution >= 4 is 27.3 Å². The molecule has 3 rings (SSSR count). The van der Waals surface area contributed by atoms with Gasteiger partial charge in [0.25, 0.3) is 15.9 Å². The first-order chi connectivity index (χ1) is 14.6. The van der Waals surface area contributed by atoms with Crippen molar-refractivity contribution in [2.24, 2.45) is 0 Å². The van der Waals surface area contributed by atoms with Crippen LogP contribution >= 0.6 is 0 Å². The average Bonchev–Trinajstić information content (AvgIpc) is 2.69. The van der Waals surface area contributed by atoms with Crippen molar-refractivity contribution in [1.29, 1.82) is 0 Å². The monoisotopic (exact) mass is 438 g/mol. The number of nitrogens with one attached hydrogen (secondary N) is 2. The zero-order valence-electron chi connectivity index (χ0n) is 18.0. The van der Waals surface area contributed by atoms with Crippen LogP contribution in [0.1, 0.15) is 22.3 Å². The second-order valence-corrected chi connectivity index (χ2v) is 9.22. The van der Waals surface area contributed by atoms with Crippen molar-refractivity contribution in [2.45, 2.75) is 32.6 Å². The van der Waals surface area contributed by atoms with Gasteiger partial charge < -0.3 is 10.1 Å². The van der Waals surface area contributed by atoms with E-state index < -0.39 is 10.0 Å². The predicted octanol–water partition coefficient (Wildman–Crippen LogP) is 4.74. The van der Waals surface area contributed by atoms with E-state index in [0.29, 0.717) is 17.1 Å². The maximum atomic E-state index is 12.6. The lowest BCUT2D eigenvalue weighted by Crippen LogP contribution is -2.20. The first-order valence-corrected chi connectivity index (χ1v) is 11.3. The van der Waals surface area contributed by atoms with Gasteiger partial charge in [0, 0.05) is 11.4 Å². The lowest BCUT2D eigenvalue weighted by molar-refractivity contribution is -0.118. The van der Waals surface area contributed by atoms with E-state index in [0.717, 1.165) is 22.3 Å². The highest BCUT2D eigenvalue weighted by Gasteiger charge is 2.15. The average molecular weight is 439 g/mol. The molecule has 0 fully saturated rings. The quantitative estimate of drug-likeness (QED) is 0.558. The van der Waals surface area contributed by atoms with E-state index in [1.165, 1.54) is 12.1 Å². The van der Waals surface area contributed by atoms with Gasteiger partial charge in [-0.15, -0.1) is 0 Å². The summed E-state index contributed by atoms with van der Waals surface area (Å²) in [7, 11) is -3.72. The van der Waals surface area contributed by atoms with Gasteiger partial charge in [-0.2, -0.15) is 0 Å². The number of aryl methyl sites for hydroxylation is 3. The molecule has 6 nitrogen and oxygen atoms in total. The zero-order valence-corrected chi connectivity index (χ0v) is 18.8. The van der Waals surface area contributed by atoms with Crippen LogP contribution in [0, 0.1) is 27.7 Å². The molecule has 0 saturated heterocycles. The molecule has 0 unspecified atom stereocenters. The van der Waals surface area contributed by atoms with Crippen LogP contribution in [0.2, 0.25) is 0 Å². The number of carbonyl (C=O) groups excluding carboxylic acids is 1. The Kier molecular flexibility index (Phi) is 6.65. The molecule has 0 spiro atoms. The van der Waals surface area contributed by atoms with E-state index >= 15 is 0 Å². The van der Waals surface area contributed by atoms with Gasteiger partial charge in [0.15, 0.2) is 6.61 Å². The molecule has 7 heteroatoms. The molecular formula is C24H26N2O4S. The summed E-state index contributed by atoms with van der Waals surface area (Å²) in [4.78, 5) is 12.4. The molecule has 0 heterocycles. The second-order valence-electron chi connectivity index (χ2n) is 7.54. The minimum Gasteiger partial charge on any atom is -0.483 e. The van der Waals surface area contributed by atoms with Gasteiger partial charge in [0.2, 0.25) is 0 Å². The predicted molar refractivity (Wildman–Crippen MR) is 123 cm³/mol. The topological polar surface area (TPSA) is 84.5 Å². The summed E-state index contributed by atoms with van der Waals surface area (Å²) >= 11 is 0. The Morgan fingerprint density at radius 3 is 2.26 bits per heavy atom. The summed E-state index contributed by atoms with van der Waals surface area (Å²) in [6, 6.07) is 17.1. The minimum absolute atomic E-state index is 0.106. The first-order valence-electron chi connectivity index (χ1n) is 9.84. The Morgan fingerprint density at radius 2 is 1.58 bits per heavy atom. The molecule has 0 saturated carbocycles. The van der Waals surface area contributed by atoms with Gasteiger partial charge in [-0.3, -0.25) is 9.52 Å². The van der Waals surface area contributed by atoms with Gasteiger partial charge in [0.1, 0.15) is 5.75 Å². The maximum absolute atomic E-state index is 12.6. The van der Waals surface area contributed by atoms with Gasteiger partial charge in [-0.05, 0) is 92.4 Å². The number of carbonyl (C=O) groups is 1. The number of sulfonamides is 1. The van der Waals surface area contributed by atoms with Gasteiger partial charge >= 0.3 is 0 Å². The van der Waals surface area contributed by atoms with E-state index in [9.17, 15) is 13.2 Å². The molecule has 0 aromatic heterocycles. The third-order valence-electron chi connectivity index (χ3n) is 4.84. The third-order valence-corrected chi connectivity index (χ3v) is 6.24. The number of anilines is 2. The lowest BCUT2D eigenvalue weighted by atomic mass is 10.1. The number of benzene rings is 3. The molecule has 0 radical (unpaired) electrons. The fourth-order valence-electron chi connectivity index (χ4n) is 3.13. The molecule has 1 amide bonds. The first kappa shape index (κ1) is 22.4. The molecule has 0 aliphatic heterocycles. The Labute approximate surface area is 183 Å². The van der Waals surface area contributed by atoms with E-state index in [2.05, 4.69) is 16.1 Å². The molecule has 3 aromatic rings.